The number of hydrogen-bond acceptors (Lipinski definition) is 3. The summed E-state index contributed by atoms with van der Waals surface area (Å²) in [6.45, 7) is 13.6. The molecule has 2 unspecified atom stereocenters. The highest BCUT2D eigenvalue weighted by Crippen LogP contribution is 2.17. The predicted molar refractivity (Wildman–Crippen MR) is 88.5 cm³/mol. The van der Waals surface area contributed by atoms with Gasteiger partial charge in [-0.1, -0.05) is 27.2 Å². The van der Waals surface area contributed by atoms with Crippen LogP contribution in [0.5, 0.6) is 0 Å². The number of nitrogens with one attached hydrogen (secondary N) is 1. The lowest BCUT2D eigenvalue weighted by molar-refractivity contribution is 0.106. The zero-order chi connectivity index (χ0) is 15.2. The molecule has 21 heavy (non-hydrogen) atoms. The molecule has 1 N–H and O–H groups in total. The first-order chi connectivity index (χ1) is 10.1. The van der Waals surface area contributed by atoms with E-state index in [0.29, 0.717) is 12.1 Å². The zero-order valence-electron chi connectivity index (χ0n) is 14.2. The molecule has 120 valence electrons. The van der Waals surface area contributed by atoms with Crippen LogP contribution in [-0.4, -0.2) is 46.2 Å². The highest BCUT2D eigenvalue weighted by molar-refractivity contribution is 4.90. The van der Waals surface area contributed by atoms with Gasteiger partial charge in [-0.15, -0.1) is 0 Å². The summed E-state index contributed by atoms with van der Waals surface area (Å²) >= 11 is 0. The number of piperazine rings is 1. The highest BCUT2D eigenvalue weighted by atomic mass is 15.2. The van der Waals surface area contributed by atoms with Crippen molar-refractivity contribution in [2.45, 2.75) is 65.6 Å². The van der Waals surface area contributed by atoms with Crippen LogP contribution in [0.25, 0.3) is 0 Å². The van der Waals surface area contributed by atoms with Crippen molar-refractivity contribution in [3.8, 4) is 0 Å². The molecule has 4 heteroatoms. The van der Waals surface area contributed by atoms with E-state index in [-0.39, 0.29) is 0 Å². The molecule has 0 bridgehead atoms. The van der Waals surface area contributed by atoms with Crippen LogP contribution in [-0.2, 0) is 6.54 Å². The van der Waals surface area contributed by atoms with E-state index in [0.717, 1.165) is 31.4 Å². The SMILES string of the molecule is CCCC1CN(CCn2ccnc2C)C(CC(C)C)CN1. The van der Waals surface area contributed by atoms with Gasteiger partial charge in [0.05, 0.1) is 0 Å². The maximum absolute atomic E-state index is 4.32. The number of imidazole rings is 1. The van der Waals surface area contributed by atoms with Crippen molar-refractivity contribution in [1.82, 2.24) is 19.8 Å². The average molecular weight is 292 g/mol. The van der Waals surface area contributed by atoms with Gasteiger partial charge in [-0.3, -0.25) is 4.90 Å². The maximum Gasteiger partial charge on any atom is 0.105 e. The van der Waals surface area contributed by atoms with E-state index in [1.54, 1.807) is 0 Å². The first-order valence-corrected chi connectivity index (χ1v) is 8.55. The van der Waals surface area contributed by atoms with E-state index < -0.39 is 0 Å². The van der Waals surface area contributed by atoms with Crippen LogP contribution in [0.15, 0.2) is 12.4 Å². The molecule has 0 radical (unpaired) electrons. The Kier molecular flexibility index (Phi) is 6.24. The molecule has 1 saturated heterocycles. The summed E-state index contributed by atoms with van der Waals surface area (Å²) in [5, 5.41) is 3.75. The molecule has 1 aliphatic rings. The largest absolute Gasteiger partial charge is 0.334 e. The van der Waals surface area contributed by atoms with E-state index in [4.69, 9.17) is 0 Å². The summed E-state index contributed by atoms with van der Waals surface area (Å²) < 4.78 is 2.27. The Morgan fingerprint density at radius 3 is 2.81 bits per heavy atom. The molecular weight excluding hydrogens is 260 g/mol. The molecule has 1 aliphatic heterocycles. The first-order valence-electron chi connectivity index (χ1n) is 8.55. The minimum Gasteiger partial charge on any atom is -0.334 e. The number of nitrogens with zero attached hydrogens (tertiary/aromatic N) is 3. The molecule has 4 nitrogen and oxygen atoms in total. The van der Waals surface area contributed by atoms with Crippen molar-refractivity contribution in [3.05, 3.63) is 18.2 Å². The second-order valence-corrected chi connectivity index (χ2v) is 6.84. The molecule has 2 atom stereocenters. The second kappa shape index (κ2) is 7.95. The predicted octanol–water partition coefficient (Wildman–Crippen LogP) is 2.68. The van der Waals surface area contributed by atoms with Crippen molar-refractivity contribution in [1.29, 1.82) is 0 Å². The molecule has 2 rings (SSSR count). The summed E-state index contributed by atoms with van der Waals surface area (Å²) in [6, 6.07) is 1.35. The smallest absolute Gasteiger partial charge is 0.105 e. The van der Waals surface area contributed by atoms with Gasteiger partial charge in [0.15, 0.2) is 0 Å². The van der Waals surface area contributed by atoms with Gasteiger partial charge < -0.3 is 9.88 Å². The van der Waals surface area contributed by atoms with Crippen LogP contribution in [0, 0.1) is 12.8 Å². The quantitative estimate of drug-likeness (QED) is 0.839. The van der Waals surface area contributed by atoms with Gasteiger partial charge >= 0.3 is 0 Å². The number of aryl methyl sites for hydroxylation is 1. The standard InChI is InChI=1S/C17H32N4/c1-5-6-16-13-21(17(12-19-16)11-14(2)3)10-9-20-8-7-18-15(20)4/h7-8,14,16-17,19H,5-6,9-13H2,1-4H3. The first kappa shape index (κ1) is 16.5. The van der Waals surface area contributed by atoms with Crippen LogP contribution in [0.2, 0.25) is 0 Å². The number of hydrogen-bond donors (Lipinski definition) is 1. The van der Waals surface area contributed by atoms with Gasteiger partial charge in [-0.25, -0.2) is 4.98 Å². The summed E-state index contributed by atoms with van der Waals surface area (Å²) in [4.78, 5) is 7.03. The van der Waals surface area contributed by atoms with Gasteiger partial charge in [0.2, 0.25) is 0 Å². The fourth-order valence-corrected chi connectivity index (χ4v) is 3.40. The van der Waals surface area contributed by atoms with E-state index in [2.05, 4.69) is 53.7 Å². The minimum absolute atomic E-state index is 0.669. The summed E-state index contributed by atoms with van der Waals surface area (Å²) in [5.74, 6) is 1.88. The molecule has 2 heterocycles. The maximum atomic E-state index is 4.32. The topological polar surface area (TPSA) is 33.1 Å². The molecule has 1 aromatic heterocycles. The van der Waals surface area contributed by atoms with Crippen molar-refractivity contribution in [2.75, 3.05) is 19.6 Å². The monoisotopic (exact) mass is 292 g/mol. The minimum atomic E-state index is 0.669. The summed E-state index contributed by atoms with van der Waals surface area (Å²) in [7, 11) is 0. The molecule has 0 aliphatic carbocycles. The third-order valence-corrected chi connectivity index (χ3v) is 4.55. The highest BCUT2D eigenvalue weighted by Gasteiger charge is 2.27. The normalized spacial score (nSPS) is 23.9. The summed E-state index contributed by atoms with van der Waals surface area (Å²) in [5.41, 5.74) is 0. The van der Waals surface area contributed by atoms with E-state index in [9.17, 15) is 0 Å². The van der Waals surface area contributed by atoms with E-state index in [1.807, 2.05) is 6.20 Å². The van der Waals surface area contributed by atoms with Crippen LogP contribution in [0.3, 0.4) is 0 Å². The Bertz CT molecular complexity index is 413. The lowest BCUT2D eigenvalue weighted by Gasteiger charge is -2.41. The number of rotatable bonds is 7. The fraction of sp³-hybridized carbons (Fsp3) is 0.824. The van der Waals surface area contributed by atoms with Crippen LogP contribution in [0.1, 0.15) is 45.9 Å². The Morgan fingerprint density at radius 2 is 2.19 bits per heavy atom. The van der Waals surface area contributed by atoms with Gasteiger partial charge in [-0.2, -0.15) is 0 Å². The fourth-order valence-electron chi connectivity index (χ4n) is 3.40. The van der Waals surface area contributed by atoms with Gasteiger partial charge in [-0.05, 0) is 25.7 Å². The summed E-state index contributed by atoms with van der Waals surface area (Å²) in [6.07, 6.45) is 7.84. The Hall–Kier alpha value is -0.870. The third kappa shape index (κ3) is 4.82. The van der Waals surface area contributed by atoms with Gasteiger partial charge in [0.25, 0.3) is 0 Å². The zero-order valence-corrected chi connectivity index (χ0v) is 14.2. The lowest BCUT2D eigenvalue weighted by Crippen LogP contribution is -2.57. The lowest BCUT2D eigenvalue weighted by atomic mass is 9.98. The van der Waals surface area contributed by atoms with E-state index in [1.165, 1.54) is 25.8 Å². The molecule has 0 aromatic carbocycles. The molecule has 0 saturated carbocycles. The van der Waals surface area contributed by atoms with Crippen LogP contribution >= 0.6 is 0 Å². The Balaban J connectivity index is 1.93. The van der Waals surface area contributed by atoms with Gasteiger partial charge in [0, 0.05) is 50.7 Å². The van der Waals surface area contributed by atoms with E-state index >= 15 is 0 Å². The second-order valence-electron chi connectivity index (χ2n) is 6.84. The third-order valence-electron chi connectivity index (χ3n) is 4.55. The van der Waals surface area contributed by atoms with Crippen LogP contribution in [0.4, 0.5) is 0 Å². The van der Waals surface area contributed by atoms with Crippen molar-refractivity contribution < 1.29 is 0 Å². The number of aromatic nitrogens is 2. The average Bonchev–Trinajstić information content (AvgIpc) is 2.84. The molecule has 1 aromatic rings. The van der Waals surface area contributed by atoms with Crippen molar-refractivity contribution >= 4 is 0 Å². The molecule has 0 amide bonds. The molecule has 0 spiro atoms. The van der Waals surface area contributed by atoms with Crippen molar-refractivity contribution in [3.63, 3.8) is 0 Å². The van der Waals surface area contributed by atoms with Crippen molar-refractivity contribution in [2.24, 2.45) is 5.92 Å². The van der Waals surface area contributed by atoms with Crippen LogP contribution < -0.4 is 5.32 Å². The molecule has 1 fully saturated rings. The Labute approximate surface area is 129 Å². The Morgan fingerprint density at radius 1 is 1.38 bits per heavy atom. The molecular formula is C17H32N4. The van der Waals surface area contributed by atoms with Gasteiger partial charge in [0.1, 0.15) is 5.82 Å².